The van der Waals surface area contributed by atoms with Crippen molar-refractivity contribution in [2.24, 2.45) is 5.92 Å². The van der Waals surface area contributed by atoms with Crippen LogP contribution in [0.4, 0.5) is 0 Å². The molecule has 0 bridgehead atoms. The summed E-state index contributed by atoms with van der Waals surface area (Å²) in [7, 11) is 1.57. The Morgan fingerprint density at radius 3 is 3.04 bits per heavy atom. The zero-order valence-corrected chi connectivity index (χ0v) is 14.1. The predicted molar refractivity (Wildman–Crippen MR) is 87.8 cm³/mol. The Hall–Kier alpha value is -2.74. The lowest BCUT2D eigenvalue weighted by Crippen LogP contribution is -2.15. The maximum Gasteiger partial charge on any atom is 0.253 e. The van der Waals surface area contributed by atoms with Crippen molar-refractivity contribution in [1.82, 2.24) is 25.0 Å². The van der Waals surface area contributed by atoms with Crippen LogP contribution >= 0.6 is 0 Å². The zero-order chi connectivity index (χ0) is 17.2. The molecule has 0 aromatic carbocycles. The van der Waals surface area contributed by atoms with Crippen LogP contribution in [0, 0.1) is 12.8 Å². The Bertz CT molecular complexity index is 846. The number of methoxy groups -OCH3 is 1. The van der Waals surface area contributed by atoms with E-state index in [-0.39, 0.29) is 12.0 Å². The molecule has 0 aliphatic carbocycles. The van der Waals surface area contributed by atoms with Crippen LogP contribution in [-0.2, 0) is 11.3 Å². The van der Waals surface area contributed by atoms with Crippen molar-refractivity contribution in [3.8, 4) is 17.3 Å². The summed E-state index contributed by atoms with van der Waals surface area (Å²) >= 11 is 0. The first kappa shape index (κ1) is 15.8. The first-order chi connectivity index (χ1) is 12.2. The fourth-order valence-corrected chi connectivity index (χ4v) is 3.05. The normalized spacial score (nSPS) is 20.1. The summed E-state index contributed by atoms with van der Waals surface area (Å²) in [4.78, 5) is 4.35. The van der Waals surface area contributed by atoms with Gasteiger partial charge in [-0.1, -0.05) is 0 Å². The third kappa shape index (κ3) is 3.12. The van der Waals surface area contributed by atoms with E-state index in [4.69, 9.17) is 13.9 Å². The summed E-state index contributed by atoms with van der Waals surface area (Å²) in [5, 5.41) is 12.6. The van der Waals surface area contributed by atoms with Crippen LogP contribution in [0.25, 0.3) is 11.5 Å². The minimum absolute atomic E-state index is 0.227. The first-order valence-corrected chi connectivity index (χ1v) is 8.19. The average Bonchev–Trinajstić information content (AvgIpc) is 3.36. The van der Waals surface area contributed by atoms with Gasteiger partial charge in [-0.05, 0) is 31.5 Å². The van der Waals surface area contributed by atoms with Crippen LogP contribution in [-0.4, -0.2) is 38.7 Å². The van der Waals surface area contributed by atoms with Crippen LogP contribution < -0.4 is 4.74 Å². The number of pyridine rings is 1. The second-order valence-corrected chi connectivity index (χ2v) is 6.02. The van der Waals surface area contributed by atoms with E-state index in [2.05, 4.69) is 20.3 Å². The molecular formula is C17H19N5O3. The first-order valence-electron chi connectivity index (χ1n) is 8.19. The number of hydrogen-bond acceptors (Lipinski definition) is 7. The van der Waals surface area contributed by atoms with Gasteiger partial charge in [-0.25, -0.2) is 4.98 Å². The van der Waals surface area contributed by atoms with Crippen LogP contribution in [0.1, 0.15) is 24.1 Å². The van der Waals surface area contributed by atoms with E-state index in [0.29, 0.717) is 29.8 Å². The van der Waals surface area contributed by atoms with Crippen molar-refractivity contribution in [1.29, 1.82) is 0 Å². The van der Waals surface area contributed by atoms with E-state index in [0.717, 1.165) is 18.7 Å². The molecule has 25 heavy (non-hydrogen) atoms. The highest BCUT2D eigenvalue weighted by molar-refractivity contribution is 5.59. The Morgan fingerprint density at radius 1 is 1.32 bits per heavy atom. The lowest BCUT2D eigenvalue weighted by molar-refractivity contribution is 0.0633. The van der Waals surface area contributed by atoms with Crippen LogP contribution in [0.15, 0.2) is 35.0 Å². The summed E-state index contributed by atoms with van der Waals surface area (Å²) in [6, 6.07) is 5.66. The molecule has 3 aromatic rings. The summed E-state index contributed by atoms with van der Waals surface area (Å²) in [5.41, 5.74) is 1.53. The molecule has 4 heterocycles. The second-order valence-electron chi connectivity index (χ2n) is 6.02. The fourth-order valence-electron chi connectivity index (χ4n) is 3.05. The molecule has 1 fully saturated rings. The van der Waals surface area contributed by atoms with Gasteiger partial charge in [0.2, 0.25) is 11.8 Å². The summed E-state index contributed by atoms with van der Waals surface area (Å²) < 4.78 is 19.0. The van der Waals surface area contributed by atoms with Gasteiger partial charge in [-0.2, -0.15) is 5.10 Å². The van der Waals surface area contributed by atoms with E-state index >= 15 is 0 Å². The third-order valence-corrected chi connectivity index (χ3v) is 4.30. The van der Waals surface area contributed by atoms with Gasteiger partial charge in [0.05, 0.1) is 7.11 Å². The molecule has 0 saturated carbocycles. The molecule has 1 aliphatic rings. The maximum atomic E-state index is 5.89. The summed E-state index contributed by atoms with van der Waals surface area (Å²) in [6.45, 7) is 3.33. The molecule has 2 atom stereocenters. The molecule has 8 heteroatoms. The number of ether oxygens (including phenoxy) is 2. The number of aromatic nitrogens is 5. The Balaban J connectivity index is 1.58. The molecule has 0 N–H and O–H groups in total. The molecule has 3 aromatic heterocycles. The molecule has 4 rings (SSSR count). The van der Waals surface area contributed by atoms with Crippen molar-refractivity contribution in [2.75, 3.05) is 13.7 Å². The summed E-state index contributed by atoms with van der Waals surface area (Å²) in [5.74, 6) is 1.57. The second kappa shape index (κ2) is 6.64. The van der Waals surface area contributed by atoms with Crippen molar-refractivity contribution >= 4 is 0 Å². The molecule has 0 amide bonds. The van der Waals surface area contributed by atoms with Crippen molar-refractivity contribution in [3.05, 3.63) is 42.2 Å². The van der Waals surface area contributed by atoms with Gasteiger partial charge in [0, 0.05) is 37.2 Å². The lowest BCUT2D eigenvalue weighted by atomic mass is 10.0. The van der Waals surface area contributed by atoms with Gasteiger partial charge in [0.15, 0.2) is 0 Å². The van der Waals surface area contributed by atoms with Gasteiger partial charge in [0.25, 0.3) is 5.89 Å². The van der Waals surface area contributed by atoms with Crippen LogP contribution in [0.5, 0.6) is 5.88 Å². The molecule has 0 spiro atoms. The molecule has 1 aliphatic heterocycles. The molecular weight excluding hydrogens is 322 g/mol. The zero-order valence-electron chi connectivity index (χ0n) is 14.1. The minimum atomic E-state index is -0.227. The van der Waals surface area contributed by atoms with E-state index in [9.17, 15) is 0 Å². The molecule has 0 unspecified atom stereocenters. The lowest BCUT2D eigenvalue weighted by Gasteiger charge is -2.14. The van der Waals surface area contributed by atoms with Gasteiger partial charge in [-0.15, -0.1) is 10.2 Å². The smallest absolute Gasteiger partial charge is 0.253 e. The van der Waals surface area contributed by atoms with Gasteiger partial charge >= 0.3 is 0 Å². The standard InChI is InChI=1S/C17H19N5O3/c1-11-4-5-13(15(19-11)23-2)16-20-21-17(25-16)14-12(6-9-24-14)10-22-8-3-7-18-22/h3-5,7-8,12,14H,6,9-10H2,1-2H3/t12-,14-/m0/s1. The van der Waals surface area contributed by atoms with Gasteiger partial charge in [-0.3, -0.25) is 4.68 Å². The highest BCUT2D eigenvalue weighted by atomic mass is 16.5. The topological polar surface area (TPSA) is 88.1 Å². The Kier molecular flexibility index (Phi) is 4.19. The third-order valence-electron chi connectivity index (χ3n) is 4.30. The average molecular weight is 341 g/mol. The van der Waals surface area contributed by atoms with Crippen molar-refractivity contribution < 1.29 is 13.9 Å². The minimum Gasteiger partial charge on any atom is -0.480 e. The molecule has 0 radical (unpaired) electrons. The highest BCUT2D eigenvalue weighted by Crippen LogP contribution is 2.36. The number of aryl methyl sites for hydroxylation is 1. The number of hydrogen-bond donors (Lipinski definition) is 0. The van der Waals surface area contributed by atoms with E-state index < -0.39 is 0 Å². The van der Waals surface area contributed by atoms with Crippen LogP contribution in [0.2, 0.25) is 0 Å². The fraction of sp³-hybridized carbons (Fsp3) is 0.412. The van der Waals surface area contributed by atoms with E-state index in [1.807, 2.05) is 36.0 Å². The Morgan fingerprint density at radius 2 is 2.24 bits per heavy atom. The monoisotopic (exact) mass is 341 g/mol. The Labute approximate surface area is 144 Å². The van der Waals surface area contributed by atoms with Crippen LogP contribution in [0.3, 0.4) is 0 Å². The number of rotatable bonds is 5. The molecule has 1 saturated heterocycles. The molecule has 130 valence electrons. The maximum absolute atomic E-state index is 5.89. The number of nitrogens with zero attached hydrogens (tertiary/aromatic N) is 5. The summed E-state index contributed by atoms with van der Waals surface area (Å²) in [6.07, 6.45) is 4.41. The highest BCUT2D eigenvalue weighted by Gasteiger charge is 2.34. The van der Waals surface area contributed by atoms with E-state index in [1.54, 1.807) is 13.3 Å². The van der Waals surface area contributed by atoms with Gasteiger partial charge < -0.3 is 13.9 Å². The van der Waals surface area contributed by atoms with Crippen molar-refractivity contribution in [2.45, 2.75) is 26.0 Å². The van der Waals surface area contributed by atoms with Gasteiger partial charge in [0.1, 0.15) is 11.7 Å². The predicted octanol–water partition coefficient (Wildman–Crippen LogP) is 2.42. The van der Waals surface area contributed by atoms with Crippen molar-refractivity contribution in [3.63, 3.8) is 0 Å². The SMILES string of the molecule is COc1nc(C)ccc1-c1nnc([C@H]2OCC[C@H]2Cn2cccn2)o1. The largest absolute Gasteiger partial charge is 0.480 e. The van der Waals surface area contributed by atoms with E-state index in [1.165, 1.54) is 0 Å². The quantitative estimate of drug-likeness (QED) is 0.704. The molecule has 8 nitrogen and oxygen atoms in total.